The van der Waals surface area contributed by atoms with E-state index in [1.807, 2.05) is 0 Å². The van der Waals surface area contributed by atoms with E-state index in [2.05, 4.69) is 25.4 Å². The number of benzene rings is 1. The molecule has 1 N–H and O–H groups in total. The van der Waals surface area contributed by atoms with Gasteiger partial charge in [-0.2, -0.15) is 13.2 Å². The van der Waals surface area contributed by atoms with Gasteiger partial charge in [-0.05, 0) is 34.1 Å². The van der Waals surface area contributed by atoms with Crippen molar-refractivity contribution < 1.29 is 31.1 Å². The summed E-state index contributed by atoms with van der Waals surface area (Å²) < 4.78 is 71.1. The fourth-order valence-electron chi connectivity index (χ4n) is 1.33. The average molecular weight is 392 g/mol. The van der Waals surface area contributed by atoms with Gasteiger partial charge in [0, 0.05) is 6.54 Å². The summed E-state index contributed by atoms with van der Waals surface area (Å²) in [7, 11) is -2.39. The van der Waals surface area contributed by atoms with Gasteiger partial charge >= 0.3 is 6.18 Å². The van der Waals surface area contributed by atoms with Gasteiger partial charge in [0.2, 0.25) is 10.0 Å². The minimum Gasteiger partial charge on any atom is -0.496 e. The summed E-state index contributed by atoms with van der Waals surface area (Å²) in [6.07, 6.45) is -4.43. The molecule has 0 amide bonds. The molecular formula is C11H13BrF3NO4S. The van der Waals surface area contributed by atoms with Crippen LogP contribution in [0.2, 0.25) is 0 Å². The van der Waals surface area contributed by atoms with Crippen LogP contribution < -0.4 is 9.46 Å². The Morgan fingerprint density at radius 3 is 2.52 bits per heavy atom. The van der Waals surface area contributed by atoms with Crippen molar-refractivity contribution in [2.24, 2.45) is 0 Å². The Balaban J connectivity index is 2.56. The Kier molecular flexibility index (Phi) is 6.44. The van der Waals surface area contributed by atoms with E-state index in [4.69, 9.17) is 4.74 Å². The minimum atomic E-state index is -4.43. The molecule has 0 fully saturated rings. The molecule has 0 saturated heterocycles. The van der Waals surface area contributed by atoms with Crippen LogP contribution >= 0.6 is 15.9 Å². The van der Waals surface area contributed by atoms with Crippen molar-refractivity contribution in [3.63, 3.8) is 0 Å². The first-order valence-corrected chi connectivity index (χ1v) is 7.91. The lowest BCUT2D eigenvalue weighted by Gasteiger charge is -2.10. The zero-order valence-electron chi connectivity index (χ0n) is 10.9. The number of ether oxygens (including phenoxy) is 2. The van der Waals surface area contributed by atoms with E-state index in [9.17, 15) is 21.6 Å². The molecule has 0 aliphatic carbocycles. The maximum atomic E-state index is 11.9. The van der Waals surface area contributed by atoms with Crippen LogP contribution in [-0.4, -0.2) is 41.5 Å². The zero-order chi connectivity index (χ0) is 16.1. The lowest BCUT2D eigenvalue weighted by molar-refractivity contribution is -0.173. The minimum absolute atomic E-state index is 0.0361. The summed E-state index contributed by atoms with van der Waals surface area (Å²) in [6.45, 7) is -2.05. The monoisotopic (exact) mass is 391 g/mol. The molecule has 10 heteroatoms. The van der Waals surface area contributed by atoms with E-state index in [-0.39, 0.29) is 18.0 Å². The average Bonchev–Trinajstić information content (AvgIpc) is 2.36. The van der Waals surface area contributed by atoms with Crippen LogP contribution in [0.1, 0.15) is 0 Å². The molecule has 0 aliphatic rings. The molecule has 0 bridgehead atoms. The Morgan fingerprint density at radius 2 is 2.00 bits per heavy atom. The molecule has 5 nitrogen and oxygen atoms in total. The molecule has 0 atom stereocenters. The largest absolute Gasteiger partial charge is 0.496 e. The predicted octanol–water partition coefficient (Wildman–Crippen LogP) is 2.31. The van der Waals surface area contributed by atoms with Gasteiger partial charge in [-0.1, -0.05) is 0 Å². The molecule has 0 unspecified atom stereocenters. The van der Waals surface area contributed by atoms with Crippen LogP contribution in [-0.2, 0) is 14.8 Å². The summed E-state index contributed by atoms with van der Waals surface area (Å²) in [5.74, 6) is 0.461. The van der Waals surface area contributed by atoms with Crippen molar-refractivity contribution in [1.29, 1.82) is 0 Å². The van der Waals surface area contributed by atoms with Gasteiger partial charge < -0.3 is 9.47 Å². The molecule has 0 spiro atoms. The molecule has 1 rings (SSSR count). The molecule has 1 aromatic carbocycles. The smallest absolute Gasteiger partial charge is 0.411 e. The van der Waals surface area contributed by atoms with Crippen molar-refractivity contribution in [3.05, 3.63) is 22.7 Å². The van der Waals surface area contributed by atoms with Crippen LogP contribution in [0.25, 0.3) is 0 Å². The summed E-state index contributed by atoms with van der Waals surface area (Å²) in [5.41, 5.74) is 0. The topological polar surface area (TPSA) is 64.6 Å². The van der Waals surface area contributed by atoms with Crippen LogP contribution in [0.4, 0.5) is 13.2 Å². The first-order valence-electron chi connectivity index (χ1n) is 5.63. The van der Waals surface area contributed by atoms with Crippen LogP contribution in [0.5, 0.6) is 5.75 Å². The van der Waals surface area contributed by atoms with Crippen molar-refractivity contribution in [3.8, 4) is 5.75 Å². The summed E-state index contributed by atoms with van der Waals surface area (Å²) in [5, 5.41) is 0. The normalized spacial score (nSPS) is 12.4. The number of alkyl halides is 3. The molecule has 0 aliphatic heterocycles. The third-order valence-electron chi connectivity index (χ3n) is 2.24. The van der Waals surface area contributed by atoms with E-state index >= 15 is 0 Å². The van der Waals surface area contributed by atoms with Gasteiger partial charge in [-0.25, -0.2) is 13.1 Å². The lowest BCUT2D eigenvalue weighted by atomic mass is 10.3. The van der Waals surface area contributed by atoms with Crippen LogP contribution in [0.3, 0.4) is 0 Å². The lowest BCUT2D eigenvalue weighted by Crippen LogP contribution is -2.29. The first-order chi connectivity index (χ1) is 9.65. The van der Waals surface area contributed by atoms with Crippen molar-refractivity contribution >= 4 is 26.0 Å². The second-order valence-electron chi connectivity index (χ2n) is 3.86. The quantitative estimate of drug-likeness (QED) is 0.724. The molecule has 1 aromatic rings. The molecule has 0 heterocycles. The van der Waals surface area contributed by atoms with Gasteiger partial charge in [-0.15, -0.1) is 0 Å². The highest BCUT2D eigenvalue weighted by atomic mass is 79.9. The molecule has 120 valence electrons. The summed E-state index contributed by atoms with van der Waals surface area (Å²) in [4.78, 5) is -0.0361. The third kappa shape index (κ3) is 6.20. The van der Waals surface area contributed by atoms with Gasteiger partial charge in [0.1, 0.15) is 12.4 Å². The van der Waals surface area contributed by atoms with Gasteiger partial charge in [0.15, 0.2) is 0 Å². The van der Waals surface area contributed by atoms with Crippen molar-refractivity contribution in [2.75, 3.05) is 26.9 Å². The highest BCUT2D eigenvalue weighted by Gasteiger charge is 2.27. The summed E-state index contributed by atoms with van der Waals surface area (Å²) in [6, 6.07) is 4.11. The number of halogens is 4. The number of sulfonamides is 1. The van der Waals surface area contributed by atoms with E-state index in [0.29, 0.717) is 10.2 Å². The molecule has 21 heavy (non-hydrogen) atoms. The summed E-state index contributed by atoms with van der Waals surface area (Å²) >= 11 is 3.15. The Hall–Kier alpha value is -0.840. The SMILES string of the molecule is COc1ccc(S(=O)(=O)NCCOCC(F)(F)F)cc1Br. The van der Waals surface area contributed by atoms with Crippen LogP contribution in [0.15, 0.2) is 27.6 Å². The molecule has 0 radical (unpaired) electrons. The number of methoxy groups -OCH3 is 1. The number of nitrogens with one attached hydrogen (secondary N) is 1. The first kappa shape index (κ1) is 18.2. The standard InChI is InChI=1S/C11H13BrF3NO4S/c1-19-10-3-2-8(6-9(10)12)21(17,18)16-4-5-20-7-11(13,14)15/h2-3,6,16H,4-5,7H2,1H3. The zero-order valence-corrected chi connectivity index (χ0v) is 13.3. The number of rotatable bonds is 7. The van der Waals surface area contributed by atoms with E-state index < -0.39 is 22.8 Å². The van der Waals surface area contributed by atoms with Gasteiger partial charge in [0.25, 0.3) is 0 Å². The van der Waals surface area contributed by atoms with E-state index in [1.54, 1.807) is 0 Å². The maximum Gasteiger partial charge on any atom is 0.411 e. The van der Waals surface area contributed by atoms with Gasteiger partial charge in [-0.3, -0.25) is 0 Å². The predicted molar refractivity (Wildman–Crippen MR) is 72.8 cm³/mol. The maximum absolute atomic E-state index is 11.9. The van der Waals surface area contributed by atoms with E-state index in [1.165, 1.54) is 25.3 Å². The third-order valence-corrected chi connectivity index (χ3v) is 4.32. The fourth-order valence-corrected chi connectivity index (χ4v) is 3.06. The Bertz CT molecular complexity index is 577. The number of hydrogen-bond acceptors (Lipinski definition) is 4. The molecule has 0 aromatic heterocycles. The van der Waals surface area contributed by atoms with Crippen molar-refractivity contribution in [1.82, 2.24) is 4.72 Å². The fraction of sp³-hybridized carbons (Fsp3) is 0.455. The second kappa shape index (κ2) is 7.43. The molecular weight excluding hydrogens is 379 g/mol. The highest BCUT2D eigenvalue weighted by molar-refractivity contribution is 9.10. The Morgan fingerprint density at radius 1 is 1.33 bits per heavy atom. The van der Waals surface area contributed by atoms with E-state index in [0.717, 1.165) is 0 Å². The number of hydrogen-bond donors (Lipinski definition) is 1. The highest BCUT2D eigenvalue weighted by Crippen LogP contribution is 2.27. The van der Waals surface area contributed by atoms with Crippen LogP contribution in [0, 0.1) is 0 Å². The molecule has 0 saturated carbocycles. The Labute approximate surface area is 128 Å². The van der Waals surface area contributed by atoms with Gasteiger partial charge in [0.05, 0.1) is 23.1 Å². The van der Waals surface area contributed by atoms with Crippen molar-refractivity contribution in [2.45, 2.75) is 11.1 Å². The second-order valence-corrected chi connectivity index (χ2v) is 6.48.